The fraction of sp³-hybridized carbons (Fsp3) is 1.00. The predicted molar refractivity (Wildman–Crippen MR) is 75.0 cm³/mol. The van der Waals surface area contributed by atoms with Crippen LogP contribution in [0.1, 0.15) is 51.4 Å². The van der Waals surface area contributed by atoms with Crippen molar-refractivity contribution < 1.29 is 14.9 Å². The van der Waals surface area contributed by atoms with Crippen molar-refractivity contribution in [3.63, 3.8) is 0 Å². The van der Waals surface area contributed by atoms with Gasteiger partial charge < -0.3 is 20.3 Å². The highest BCUT2D eigenvalue weighted by molar-refractivity contribution is 4.74. The van der Waals surface area contributed by atoms with Crippen molar-refractivity contribution in [2.24, 2.45) is 5.92 Å². The van der Waals surface area contributed by atoms with E-state index in [0.29, 0.717) is 25.2 Å². The third-order valence-corrected chi connectivity index (χ3v) is 4.39. The molecule has 0 aromatic carbocycles. The molecule has 0 radical (unpaired) electrons. The quantitative estimate of drug-likeness (QED) is 0.656. The maximum absolute atomic E-state index is 9.85. The molecular formula is C15H29NO3. The summed E-state index contributed by atoms with van der Waals surface area (Å²) in [7, 11) is 0. The standard InChI is InChI=1S/C15H29NO3/c17-13-5-3-4-12(8-13)9-16-10-14(18)11-19-15-6-1-2-7-15/h12-18H,1-11H2. The van der Waals surface area contributed by atoms with Crippen LogP contribution in [-0.2, 0) is 4.74 Å². The van der Waals surface area contributed by atoms with Crippen molar-refractivity contribution in [1.82, 2.24) is 5.32 Å². The maximum Gasteiger partial charge on any atom is 0.0897 e. The molecule has 2 rings (SSSR count). The summed E-state index contributed by atoms with van der Waals surface area (Å²) in [6.45, 7) is 1.95. The Morgan fingerprint density at radius 2 is 1.89 bits per heavy atom. The minimum atomic E-state index is -0.408. The number of hydrogen-bond acceptors (Lipinski definition) is 4. The molecule has 3 N–H and O–H groups in total. The molecule has 2 saturated carbocycles. The van der Waals surface area contributed by atoms with Crippen LogP contribution in [-0.4, -0.2) is 48.2 Å². The SMILES string of the molecule is OC(CNCC1CCCC(O)C1)COC1CCCC1. The number of rotatable bonds is 7. The molecule has 0 bridgehead atoms. The fourth-order valence-electron chi connectivity index (χ4n) is 3.26. The van der Waals surface area contributed by atoms with Crippen LogP contribution in [0.3, 0.4) is 0 Å². The lowest BCUT2D eigenvalue weighted by Gasteiger charge is -2.26. The minimum Gasteiger partial charge on any atom is -0.393 e. The van der Waals surface area contributed by atoms with Crippen LogP contribution in [0.5, 0.6) is 0 Å². The summed E-state index contributed by atoms with van der Waals surface area (Å²) in [5.74, 6) is 0.562. The Kier molecular flexibility index (Phi) is 6.57. The molecule has 0 aromatic heterocycles. The number of nitrogens with one attached hydrogen (secondary N) is 1. The van der Waals surface area contributed by atoms with Gasteiger partial charge in [-0.05, 0) is 44.6 Å². The van der Waals surface area contributed by atoms with E-state index >= 15 is 0 Å². The van der Waals surface area contributed by atoms with Gasteiger partial charge in [-0.15, -0.1) is 0 Å². The molecule has 19 heavy (non-hydrogen) atoms. The second-order valence-corrected chi connectivity index (χ2v) is 6.24. The zero-order chi connectivity index (χ0) is 13.5. The summed E-state index contributed by atoms with van der Waals surface area (Å²) < 4.78 is 5.69. The number of hydrogen-bond donors (Lipinski definition) is 3. The summed E-state index contributed by atoms with van der Waals surface area (Å²) in [6, 6.07) is 0. The molecule has 0 aliphatic heterocycles. The van der Waals surface area contributed by atoms with Crippen LogP contribution in [0, 0.1) is 5.92 Å². The predicted octanol–water partition coefficient (Wildman–Crippen LogP) is 1.45. The molecule has 0 saturated heterocycles. The number of aliphatic hydroxyl groups is 2. The topological polar surface area (TPSA) is 61.7 Å². The average Bonchev–Trinajstić information content (AvgIpc) is 2.89. The lowest BCUT2D eigenvalue weighted by Crippen LogP contribution is -2.36. The molecule has 0 spiro atoms. The summed E-state index contributed by atoms with van der Waals surface area (Å²) in [5.41, 5.74) is 0. The van der Waals surface area contributed by atoms with Crippen molar-refractivity contribution in [2.45, 2.75) is 69.7 Å². The van der Waals surface area contributed by atoms with Crippen molar-refractivity contribution in [3.05, 3.63) is 0 Å². The summed E-state index contributed by atoms with van der Waals surface area (Å²) in [6.07, 6.45) is 8.87. The molecule has 4 heteroatoms. The Hall–Kier alpha value is -0.160. The zero-order valence-corrected chi connectivity index (χ0v) is 11.9. The molecule has 2 aliphatic rings. The second-order valence-electron chi connectivity index (χ2n) is 6.24. The Morgan fingerprint density at radius 3 is 2.63 bits per heavy atom. The van der Waals surface area contributed by atoms with Crippen LogP contribution in [0.2, 0.25) is 0 Å². The molecule has 112 valence electrons. The van der Waals surface area contributed by atoms with E-state index in [2.05, 4.69) is 5.32 Å². The molecule has 2 fully saturated rings. The van der Waals surface area contributed by atoms with Gasteiger partial charge >= 0.3 is 0 Å². The van der Waals surface area contributed by atoms with Crippen molar-refractivity contribution in [2.75, 3.05) is 19.7 Å². The minimum absolute atomic E-state index is 0.115. The van der Waals surface area contributed by atoms with E-state index in [1.54, 1.807) is 0 Å². The Labute approximate surface area is 116 Å². The van der Waals surface area contributed by atoms with Crippen LogP contribution in [0.4, 0.5) is 0 Å². The first-order chi connectivity index (χ1) is 9.24. The van der Waals surface area contributed by atoms with Gasteiger partial charge in [0.15, 0.2) is 0 Å². The first kappa shape index (κ1) is 15.2. The van der Waals surface area contributed by atoms with Gasteiger partial charge in [0, 0.05) is 6.54 Å². The fourth-order valence-corrected chi connectivity index (χ4v) is 3.26. The molecule has 3 atom stereocenters. The van der Waals surface area contributed by atoms with Gasteiger partial charge in [-0.2, -0.15) is 0 Å². The van der Waals surface area contributed by atoms with Crippen LogP contribution in [0.25, 0.3) is 0 Å². The van der Waals surface area contributed by atoms with E-state index in [1.807, 2.05) is 0 Å². The summed E-state index contributed by atoms with van der Waals surface area (Å²) in [4.78, 5) is 0. The molecule has 0 aromatic rings. The first-order valence-corrected chi connectivity index (χ1v) is 7.92. The van der Waals surface area contributed by atoms with E-state index in [4.69, 9.17) is 4.74 Å². The molecule has 2 aliphatic carbocycles. The largest absolute Gasteiger partial charge is 0.393 e. The van der Waals surface area contributed by atoms with Gasteiger partial charge in [-0.25, -0.2) is 0 Å². The van der Waals surface area contributed by atoms with Crippen molar-refractivity contribution in [1.29, 1.82) is 0 Å². The Morgan fingerprint density at radius 1 is 1.11 bits per heavy atom. The number of aliphatic hydroxyl groups excluding tert-OH is 2. The average molecular weight is 271 g/mol. The highest BCUT2D eigenvalue weighted by Crippen LogP contribution is 2.23. The van der Waals surface area contributed by atoms with Gasteiger partial charge in [-0.3, -0.25) is 0 Å². The lowest BCUT2D eigenvalue weighted by atomic mass is 9.87. The van der Waals surface area contributed by atoms with Gasteiger partial charge in [-0.1, -0.05) is 19.3 Å². The highest BCUT2D eigenvalue weighted by atomic mass is 16.5. The van der Waals surface area contributed by atoms with Crippen molar-refractivity contribution >= 4 is 0 Å². The van der Waals surface area contributed by atoms with Gasteiger partial charge in [0.1, 0.15) is 0 Å². The molecule has 0 amide bonds. The lowest BCUT2D eigenvalue weighted by molar-refractivity contribution is -0.00599. The smallest absolute Gasteiger partial charge is 0.0897 e. The molecule has 4 nitrogen and oxygen atoms in total. The van der Waals surface area contributed by atoms with Gasteiger partial charge in [0.2, 0.25) is 0 Å². The Bertz CT molecular complexity index is 244. The van der Waals surface area contributed by atoms with Crippen molar-refractivity contribution in [3.8, 4) is 0 Å². The van der Waals surface area contributed by atoms with Crippen LogP contribution < -0.4 is 5.32 Å². The van der Waals surface area contributed by atoms with E-state index in [-0.39, 0.29) is 6.10 Å². The monoisotopic (exact) mass is 271 g/mol. The Balaban J connectivity index is 1.49. The number of ether oxygens (including phenoxy) is 1. The van der Waals surface area contributed by atoms with E-state index in [1.165, 1.54) is 19.3 Å². The second kappa shape index (κ2) is 8.20. The maximum atomic E-state index is 9.85. The normalized spacial score (nSPS) is 30.6. The summed E-state index contributed by atoms with van der Waals surface area (Å²) >= 11 is 0. The molecule has 0 heterocycles. The van der Waals surface area contributed by atoms with Gasteiger partial charge in [0.05, 0.1) is 24.9 Å². The third kappa shape index (κ3) is 5.78. The zero-order valence-electron chi connectivity index (χ0n) is 11.9. The van der Waals surface area contributed by atoms with E-state index < -0.39 is 6.10 Å². The van der Waals surface area contributed by atoms with Crippen LogP contribution in [0.15, 0.2) is 0 Å². The highest BCUT2D eigenvalue weighted by Gasteiger charge is 2.20. The van der Waals surface area contributed by atoms with E-state index in [0.717, 1.165) is 38.6 Å². The summed E-state index contributed by atoms with van der Waals surface area (Å²) in [5, 5.41) is 22.8. The molecular weight excluding hydrogens is 242 g/mol. The third-order valence-electron chi connectivity index (χ3n) is 4.39. The van der Waals surface area contributed by atoms with Gasteiger partial charge in [0.25, 0.3) is 0 Å². The molecule has 3 unspecified atom stereocenters. The van der Waals surface area contributed by atoms with E-state index in [9.17, 15) is 10.2 Å². The first-order valence-electron chi connectivity index (χ1n) is 7.92. The van der Waals surface area contributed by atoms with Crippen LogP contribution >= 0.6 is 0 Å².